The van der Waals surface area contributed by atoms with Gasteiger partial charge in [-0.2, -0.15) is 0 Å². The maximum atomic E-state index is 13.1. The van der Waals surface area contributed by atoms with Crippen LogP contribution in [0.15, 0.2) is 84.9 Å². The van der Waals surface area contributed by atoms with Crippen LogP contribution in [0.2, 0.25) is 0 Å². The molecule has 8 nitrogen and oxygen atoms in total. The summed E-state index contributed by atoms with van der Waals surface area (Å²) in [6.45, 7) is 10.6. The first-order chi connectivity index (χ1) is 24.4. The lowest BCUT2D eigenvalue weighted by molar-refractivity contribution is 0.0724. The minimum absolute atomic E-state index is 0.357. The summed E-state index contributed by atoms with van der Waals surface area (Å²) < 4.78 is 34.9. The molecule has 0 aliphatic rings. The van der Waals surface area contributed by atoms with E-state index in [9.17, 15) is 9.59 Å². The van der Waals surface area contributed by atoms with Crippen LogP contribution in [-0.4, -0.2) is 38.4 Å². The molecule has 4 rings (SSSR count). The summed E-state index contributed by atoms with van der Waals surface area (Å²) in [6, 6.07) is 24.8. The Balaban J connectivity index is 1.39. The molecule has 0 unspecified atom stereocenters. The molecule has 0 bridgehead atoms. The fourth-order valence-corrected chi connectivity index (χ4v) is 4.81. The third-order valence-electron chi connectivity index (χ3n) is 7.76. The van der Waals surface area contributed by atoms with Gasteiger partial charge in [-0.05, 0) is 85.3 Å². The number of benzene rings is 4. The van der Waals surface area contributed by atoms with E-state index in [0.29, 0.717) is 72.1 Å². The Bertz CT molecular complexity index is 1450. The smallest absolute Gasteiger partial charge is 0.343 e. The lowest BCUT2D eigenvalue weighted by Crippen LogP contribution is -2.10. The van der Waals surface area contributed by atoms with Crippen molar-refractivity contribution in [1.29, 1.82) is 0 Å². The molecule has 4 aromatic rings. The zero-order valence-electron chi connectivity index (χ0n) is 29.8. The highest BCUT2D eigenvalue weighted by Gasteiger charge is 2.15. The summed E-state index contributed by atoms with van der Waals surface area (Å²) in [6.07, 6.45) is 7.71. The van der Waals surface area contributed by atoms with E-state index < -0.39 is 11.9 Å². The minimum Gasteiger partial charge on any atom is -0.493 e. The molecule has 0 aliphatic heterocycles. The van der Waals surface area contributed by atoms with Crippen LogP contribution < -0.4 is 28.4 Å². The zero-order chi connectivity index (χ0) is 35.6. The van der Waals surface area contributed by atoms with Crippen LogP contribution in [-0.2, 0) is 0 Å². The van der Waals surface area contributed by atoms with Crippen LogP contribution in [0, 0.1) is 0 Å². The van der Waals surface area contributed by atoms with E-state index in [0.717, 1.165) is 62.5 Å². The molecule has 0 amide bonds. The first kappa shape index (κ1) is 37.8. The molecule has 0 N–H and O–H groups in total. The summed E-state index contributed by atoms with van der Waals surface area (Å²) in [5.41, 5.74) is 2.53. The molecule has 4 aromatic carbocycles. The molecule has 0 radical (unpaired) electrons. The van der Waals surface area contributed by atoms with E-state index in [4.69, 9.17) is 28.4 Å². The van der Waals surface area contributed by atoms with E-state index in [1.165, 1.54) is 0 Å². The van der Waals surface area contributed by atoms with Gasteiger partial charge in [0.25, 0.3) is 0 Å². The van der Waals surface area contributed by atoms with Gasteiger partial charge < -0.3 is 28.4 Å². The van der Waals surface area contributed by atoms with Gasteiger partial charge in [-0.25, -0.2) is 9.59 Å². The van der Waals surface area contributed by atoms with Crippen molar-refractivity contribution in [1.82, 2.24) is 0 Å². The van der Waals surface area contributed by atoms with Crippen molar-refractivity contribution in [3.8, 4) is 45.6 Å². The monoisotopic (exact) mass is 682 g/mol. The Hall–Kier alpha value is -4.98. The fraction of sp³-hybridized carbons (Fsp3) is 0.381. The van der Waals surface area contributed by atoms with Crippen molar-refractivity contribution in [2.75, 3.05) is 26.4 Å². The summed E-state index contributed by atoms with van der Waals surface area (Å²) in [5.74, 6) is 2.14. The highest BCUT2D eigenvalue weighted by molar-refractivity contribution is 5.93. The second-order valence-corrected chi connectivity index (χ2v) is 12.0. The van der Waals surface area contributed by atoms with Crippen molar-refractivity contribution in [3.05, 3.63) is 96.1 Å². The molecule has 0 spiro atoms. The normalized spacial score (nSPS) is 10.7. The minimum atomic E-state index is -0.497. The predicted molar refractivity (Wildman–Crippen MR) is 196 cm³/mol. The molecule has 0 atom stereocenters. The van der Waals surface area contributed by atoms with E-state index in [1.807, 2.05) is 36.4 Å². The van der Waals surface area contributed by atoms with Crippen LogP contribution in [0.5, 0.6) is 34.5 Å². The largest absolute Gasteiger partial charge is 0.493 e. The highest BCUT2D eigenvalue weighted by Crippen LogP contribution is 2.29. The van der Waals surface area contributed by atoms with E-state index in [2.05, 4.69) is 27.7 Å². The molecule has 266 valence electrons. The Kier molecular flexibility index (Phi) is 15.5. The van der Waals surface area contributed by atoms with Crippen molar-refractivity contribution in [2.45, 2.75) is 79.1 Å². The molecule has 8 heteroatoms. The van der Waals surface area contributed by atoms with E-state index in [1.54, 1.807) is 48.5 Å². The summed E-state index contributed by atoms with van der Waals surface area (Å²) >= 11 is 0. The Morgan fingerprint density at radius 1 is 0.400 bits per heavy atom. The van der Waals surface area contributed by atoms with Gasteiger partial charge in [0.1, 0.15) is 34.5 Å². The second kappa shape index (κ2) is 20.5. The molecule has 0 aliphatic carbocycles. The topological polar surface area (TPSA) is 89.5 Å². The maximum Gasteiger partial charge on any atom is 0.343 e. The van der Waals surface area contributed by atoms with Crippen LogP contribution in [0.4, 0.5) is 0 Å². The van der Waals surface area contributed by atoms with Gasteiger partial charge in [0.05, 0.1) is 37.6 Å². The number of ether oxygens (including phenoxy) is 6. The van der Waals surface area contributed by atoms with Crippen molar-refractivity contribution < 1.29 is 38.0 Å². The van der Waals surface area contributed by atoms with Gasteiger partial charge in [0.2, 0.25) is 0 Å². The molecular weight excluding hydrogens is 632 g/mol. The van der Waals surface area contributed by atoms with Crippen molar-refractivity contribution in [2.24, 2.45) is 0 Å². The lowest BCUT2D eigenvalue weighted by atomic mass is 10.1. The Morgan fingerprint density at radius 3 is 0.940 bits per heavy atom. The quantitative estimate of drug-likeness (QED) is 0.0487. The van der Waals surface area contributed by atoms with Crippen molar-refractivity contribution in [3.63, 3.8) is 0 Å². The number of hydrogen-bond acceptors (Lipinski definition) is 8. The molecule has 0 saturated heterocycles. The number of hydrogen-bond donors (Lipinski definition) is 0. The number of carbonyl (C=O) groups is 2. The van der Waals surface area contributed by atoms with Gasteiger partial charge in [0, 0.05) is 12.1 Å². The van der Waals surface area contributed by atoms with Crippen LogP contribution in [0.25, 0.3) is 11.1 Å². The SMILES string of the molecule is CCCCOc1cc(OCCCC)cc(C(=O)Oc2ccc(-c3ccc(OC(=O)c4cc(OCCCC)cc(OCCCC)c4)cc3)cc2)c1. The van der Waals surface area contributed by atoms with Gasteiger partial charge in [0.15, 0.2) is 0 Å². The first-order valence-corrected chi connectivity index (χ1v) is 17.9. The molecular formula is C42H50O8. The third kappa shape index (κ3) is 12.2. The third-order valence-corrected chi connectivity index (χ3v) is 7.76. The first-order valence-electron chi connectivity index (χ1n) is 17.9. The Labute approximate surface area is 296 Å². The number of esters is 2. The van der Waals surface area contributed by atoms with Gasteiger partial charge in [-0.3, -0.25) is 0 Å². The van der Waals surface area contributed by atoms with Crippen molar-refractivity contribution >= 4 is 11.9 Å². The number of rotatable bonds is 21. The van der Waals surface area contributed by atoms with Crippen LogP contribution in [0.1, 0.15) is 99.8 Å². The van der Waals surface area contributed by atoms with Gasteiger partial charge >= 0.3 is 11.9 Å². The average molecular weight is 683 g/mol. The fourth-order valence-electron chi connectivity index (χ4n) is 4.81. The number of carbonyl (C=O) groups excluding carboxylic acids is 2. The lowest BCUT2D eigenvalue weighted by Gasteiger charge is -2.13. The molecule has 0 aromatic heterocycles. The number of unbranched alkanes of at least 4 members (excludes halogenated alkanes) is 4. The summed E-state index contributed by atoms with van der Waals surface area (Å²) in [4.78, 5) is 26.3. The Morgan fingerprint density at radius 2 is 0.680 bits per heavy atom. The summed E-state index contributed by atoms with van der Waals surface area (Å²) in [7, 11) is 0. The van der Waals surface area contributed by atoms with Gasteiger partial charge in [-0.1, -0.05) is 77.6 Å². The van der Waals surface area contributed by atoms with E-state index in [-0.39, 0.29) is 0 Å². The molecule has 0 fully saturated rings. The average Bonchev–Trinajstić information content (AvgIpc) is 3.12. The predicted octanol–water partition coefficient (Wildman–Crippen LogP) is 10.5. The van der Waals surface area contributed by atoms with Crippen LogP contribution >= 0.6 is 0 Å². The standard InChI is InChI=1S/C42H50O8/c1-5-9-21-45-37-25-33(26-38(29-37)46-22-10-6-2)41(43)49-35-17-13-31(14-18-35)32-15-19-36(20-16-32)50-42(44)34-27-39(47-23-11-7-3)30-40(28-34)48-24-12-8-4/h13-20,25-30H,5-12,21-24H2,1-4H3. The molecule has 0 saturated carbocycles. The molecule has 50 heavy (non-hydrogen) atoms. The second-order valence-electron chi connectivity index (χ2n) is 12.0. The van der Waals surface area contributed by atoms with Gasteiger partial charge in [-0.15, -0.1) is 0 Å². The summed E-state index contributed by atoms with van der Waals surface area (Å²) in [5, 5.41) is 0. The zero-order valence-corrected chi connectivity index (χ0v) is 29.8. The molecule has 0 heterocycles. The maximum absolute atomic E-state index is 13.1. The van der Waals surface area contributed by atoms with E-state index >= 15 is 0 Å². The highest BCUT2D eigenvalue weighted by atomic mass is 16.5. The van der Waals surface area contributed by atoms with Crippen LogP contribution in [0.3, 0.4) is 0 Å².